The molecule has 0 aliphatic heterocycles. The molecule has 28 heavy (non-hydrogen) atoms. The predicted molar refractivity (Wildman–Crippen MR) is 109 cm³/mol. The Labute approximate surface area is 169 Å². The van der Waals surface area contributed by atoms with Gasteiger partial charge in [0.05, 0.1) is 17.3 Å². The van der Waals surface area contributed by atoms with Crippen LogP contribution in [0.3, 0.4) is 0 Å². The van der Waals surface area contributed by atoms with Crippen molar-refractivity contribution < 1.29 is 14.2 Å². The molecule has 0 spiro atoms. The first-order chi connectivity index (χ1) is 13.4. The molecule has 1 aromatic heterocycles. The third-order valence-electron chi connectivity index (χ3n) is 3.78. The number of ether oxygens (including phenoxy) is 1. The van der Waals surface area contributed by atoms with Gasteiger partial charge in [0.15, 0.2) is 4.77 Å². The van der Waals surface area contributed by atoms with Gasteiger partial charge in [-0.25, -0.2) is 4.39 Å². The molecule has 0 bridgehead atoms. The maximum absolute atomic E-state index is 13.4. The van der Waals surface area contributed by atoms with Crippen molar-refractivity contribution >= 4 is 35.7 Å². The van der Waals surface area contributed by atoms with Crippen molar-refractivity contribution in [2.45, 2.75) is 6.92 Å². The Hall–Kier alpha value is -2.97. The Bertz CT molecular complexity index is 1170. The molecule has 1 heterocycles. The molecule has 3 aromatic rings. The van der Waals surface area contributed by atoms with Gasteiger partial charge in [0.2, 0.25) is 5.88 Å². The highest BCUT2D eigenvalue weighted by Crippen LogP contribution is 2.27. The summed E-state index contributed by atoms with van der Waals surface area (Å²) in [5, 5.41) is 10.5. The summed E-state index contributed by atoms with van der Waals surface area (Å²) < 4.78 is 20.0. The van der Waals surface area contributed by atoms with Crippen LogP contribution in [0.1, 0.15) is 12.5 Å². The molecule has 0 saturated heterocycles. The molecular formula is C19H15ClFN3O3S. The second-order valence-corrected chi connectivity index (χ2v) is 6.38. The molecule has 0 amide bonds. The fraction of sp³-hybridized carbons (Fsp3) is 0.105. The van der Waals surface area contributed by atoms with E-state index in [0.717, 1.165) is 10.6 Å². The fourth-order valence-corrected chi connectivity index (χ4v) is 2.95. The molecule has 2 aromatic carbocycles. The number of hydrogen-bond donors (Lipinski definition) is 2. The van der Waals surface area contributed by atoms with E-state index >= 15 is 0 Å². The summed E-state index contributed by atoms with van der Waals surface area (Å²) in [6.45, 7) is 2.30. The normalized spacial score (nSPS) is 11.1. The summed E-state index contributed by atoms with van der Waals surface area (Å²) >= 11 is 10.9. The van der Waals surface area contributed by atoms with Gasteiger partial charge in [-0.2, -0.15) is 0 Å². The zero-order valence-electron chi connectivity index (χ0n) is 14.6. The number of halogens is 2. The highest BCUT2D eigenvalue weighted by molar-refractivity contribution is 7.71. The molecular weight excluding hydrogens is 405 g/mol. The fourth-order valence-electron chi connectivity index (χ4n) is 2.49. The van der Waals surface area contributed by atoms with Crippen molar-refractivity contribution in [3.05, 3.63) is 74.0 Å². The third kappa shape index (κ3) is 3.97. The van der Waals surface area contributed by atoms with Crippen LogP contribution >= 0.6 is 23.8 Å². The van der Waals surface area contributed by atoms with Gasteiger partial charge < -0.3 is 9.84 Å². The molecule has 144 valence electrons. The Morgan fingerprint density at radius 2 is 2.11 bits per heavy atom. The number of nitrogens with one attached hydrogen (secondary N) is 1. The van der Waals surface area contributed by atoms with E-state index in [1.54, 1.807) is 24.3 Å². The van der Waals surface area contributed by atoms with E-state index in [2.05, 4.69) is 9.98 Å². The summed E-state index contributed by atoms with van der Waals surface area (Å²) in [4.78, 5) is 19.0. The van der Waals surface area contributed by atoms with Crippen LogP contribution in [0.25, 0.3) is 5.69 Å². The van der Waals surface area contributed by atoms with Crippen LogP contribution in [0.5, 0.6) is 11.6 Å². The molecule has 0 fully saturated rings. The average molecular weight is 420 g/mol. The van der Waals surface area contributed by atoms with E-state index in [9.17, 15) is 14.3 Å². The lowest BCUT2D eigenvalue weighted by atomic mass is 10.2. The van der Waals surface area contributed by atoms with E-state index in [4.69, 9.17) is 28.6 Å². The van der Waals surface area contributed by atoms with Crippen LogP contribution in [0, 0.1) is 10.6 Å². The monoisotopic (exact) mass is 419 g/mol. The maximum atomic E-state index is 13.4. The number of aliphatic imine (C=N–C) groups is 1. The Morgan fingerprint density at radius 3 is 2.82 bits per heavy atom. The minimum Gasteiger partial charge on any atom is -0.494 e. The van der Waals surface area contributed by atoms with Crippen molar-refractivity contribution in [3.63, 3.8) is 0 Å². The number of hydrogen-bond acceptors (Lipinski definition) is 5. The molecule has 0 atom stereocenters. The third-order valence-corrected chi connectivity index (χ3v) is 4.35. The summed E-state index contributed by atoms with van der Waals surface area (Å²) in [5.74, 6) is -0.528. The standard InChI is InChI=1S/C19H15ClFN3O3S/c1-2-27-16-6-4-3-5-15(16)22-10-12-17(25)23-19(28)24(18(12)26)11-7-8-14(21)13(20)9-11/h3-10,26H,2H2,1H3,(H,23,25,28). The Morgan fingerprint density at radius 1 is 1.36 bits per heavy atom. The van der Waals surface area contributed by atoms with Crippen LogP contribution < -0.4 is 10.3 Å². The number of aromatic amines is 1. The molecule has 3 rings (SSSR count). The van der Waals surface area contributed by atoms with Crippen LogP contribution in [0.15, 0.2) is 52.3 Å². The van der Waals surface area contributed by atoms with E-state index in [0.29, 0.717) is 18.0 Å². The SMILES string of the molecule is CCOc1ccccc1N=Cc1c(O)n(-c2ccc(F)c(Cl)c2)c(=S)[nH]c1=O. The smallest absolute Gasteiger partial charge is 0.264 e. The lowest BCUT2D eigenvalue weighted by Crippen LogP contribution is -2.18. The average Bonchev–Trinajstić information content (AvgIpc) is 2.65. The van der Waals surface area contributed by atoms with Crippen LogP contribution in [0.4, 0.5) is 10.1 Å². The van der Waals surface area contributed by atoms with E-state index in [1.165, 1.54) is 18.3 Å². The number of rotatable bonds is 5. The Kier molecular flexibility index (Phi) is 5.91. The lowest BCUT2D eigenvalue weighted by Gasteiger charge is -2.12. The highest BCUT2D eigenvalue weighted by atomic mass is 35.5. The van der Waals surface area contributed by atoms with E-state index < -0.39 is 17.3 Å². The predicted octanol–water partition coefficient (Wildman–Crippen LogP) is 4.54. The van der Waals surface area contributed by atoms with Gasteiger partial charge in [0.1, 0.15) is 22.8 Å². The maximum Gasteiger partial charge on any atom is 0.264 e. The van der Waals surface area contributed by atoms with Crippen molar-refractivity contribution in [1.82, 2.24) is 9.55 Å². The van der Waals surface area contributed by atoms with Crippen molar-refractivity contribution in [3.8, 4) is 17.3 Å². The molecule has 2 N–H and O–H groups in total. The minimum absolute atomic E-state index is 0.0722. The first-order valence-electron chi connectivity index (χ1n) is 8.22. The molecule has 0 radical (unpaired) electrons. The van der Waals surface area contributed by atoms with Crippen LogP contribution in [0.2, 0.25) is 5.02 Å². The van der Waals surface area contributed by atoms with Crippen LogP contribution in [-0.2, 0) is 0 Å². The Balaban J connectivity index is 2.12. The van der Waals surface area contributed by atoms with Crippen molar-refractivity contribution in [2.24, 2.45) is 4.99 Å². The molecule has 0 aliphatic rings. The summed E-state index contributed by atoms with van der Waals surface area (Å²) in [5.41, 5.74) is 0.0291. The first-order valence-corrected chi connectivity index (χ1v) is 9.00. The zero-order valence-corrected chi connectivity index (χ0v) is 16.2. The first kappa shape index (κ1) is 19.8. The topological polar surface area (TPSA) is 79.6 Å². The summed E-state index contributed by atoms with van der Waals surface area (Å²) in [6, 6.07) is 10.8. The summed E-state index contributed by atoms with van der Waals surface area (Å²) in [6.07, 6.45) is 1.21. The number of aromatic hydroxyl groups is 1. The number of H-pyrrole nitrogens is 1. The molecule has 0 saturated carbocycles. The van der Waals surface area contributed by atoms with Gasteiger partial charge in [-0.1, -0.05) is 23.7 Å². The van der Waals surface area contributed by atoms with Gasteiger partial charge in [0.25, 0.3) is 5.56 Å². The van der Waals surface area contributed by atoms with Gasteiger partial charge in [0, 0.05) is 6.21 Å². The van der Waals surface area contributed by atoms with Crippen molar-refractivity contribution in [2.75, 3.05) is 6.61 Å². The molecule has 6 nitrogen and oxygen atoms in total. The van der Waals surface area contributed by atoms with Gasteiger partial charge >= 0.3 is 0 Å². The van der Waals surface area contributed by atoms with Crippen molar-refractivity contribution in [1.29, 1.82) is 0 Å². The van der Waals surface area contributed by atoms with Crippen LogP contribution in [-0.4, -0.2) is 27.5 Å². The van der Waals surface area contributed by atoms with Gasteiger partial charge in [-0.05, 0) is 49.5 Å². The molecule has 9 heteroatoms. The van der Waals surface area contributed by atoms with Gasteiger partial charge in [-0.15, -0.1) is 0 Å². The number of para-hydroxylation sites is 2. The highest BCUT2D eigenvalue weighted by Gasteiger charge is 2.14. The second-order valence-electron chi connectivity index (χ2n) is 5.59. The quantitative estimate of drug-likeness (QED) is 0.470. The zero-order chi connectivity index (χ0) is 20.3. The second kappa shape index (κ2) is 8.37. The molecule has 0 unspecified atom stereocenters. The van der Waals surface area contributed by atoms with Gasteiger partial charge in [-0.3, -0.25) is 19.3 Å². The molecule has 0 aliphatic carbocycles. The van der Waals surface area contributed by atoms with E-state index in [-0.39, 0.29) is 21.0 Å². The number of benzene rings is 2. The lowest BCUT2D eigenvalue weighted by molar-refractivity contribution is 0.341. The van der Waals surface area contributed by atoms with E-state index in [1.807, 2.05) is 6.92 Å². The number of aromatic nitrogens is 2. The number of nitrogens with zero attached hydrogens (tertiary/aromatic N) is 2. The summed E-state index contributed by atoms with van der Waals surface area (Å²) in [7, 11) is 0. The minimum atomic E-state index is -0.621. The largest absolute Gasteiger partial charge is 0.494 e.